The van der Waals surface area contributed by atoms with E-state index in [2.05, 4.69) is 34.6 Å². The van der Waals surface area contributed by atoms with Gasteiger partial charge in [-0.3, -0.25) is 9.59 Å². The molecule has 6 heteroatoms. The lowest BCUT2D eigenvalue weighted by Crippen LogP contribution is -2.68. The molecule has 39 heavy (non-hydrogen) atoms. The van der Waals surface area contributed by atoms with Gasteiger partial charge in [-0.2, -0.15) is 0 Å². The maximum Gasteiger partial charge on any atom is 0.312 e. The molecule has 6 aliphatic rings. The van der Waals surface area contributed by atoms with Gasteiger partial charge < -0.3 is 19.0 Å². The minimum absolute atomic E-state index is 0.0183. The Bertz CT molecular complexity index is 1130. The van der Waals surface area contributed by atoms with E-state index in [-0.39, 0.29) is 51.2 Å². The molecule has 0 aromatic heterocycles. The van der Waals surface area contributed by atoms with Gasteiger partial charge in [0.2, 0.25) is 0 Å². The normalized spacial score (nSPS) is 49.7. The Kier molecular flexibility index (Phi) is 5.86. The molecule has 0 aromatic rings. The summed E-state index contributed by atoms with van der Waals surface area (Å²) in [7, 11) is 1.50. The van der Waals surface area contributed by atoms with Crippen LogP contribution in [0.4, 0.5) is 0 Å². The average molecular weight is 541 g/mol. The second-order valence-corrected chi connectivity index (χ2v) is 15.7. The molecule has 5 aliphatic carbocycles. The van der Waals surface area contributed by atoms with E-state index in [1.165, 1.54) is 12.7 Å². The van der Waals surface area contributed by atoms with Crippen LogP contribution in [0.2, 0.25) is 0 Å². The summed E-state index contributed by atoms with van der Waals surface area (Å²) in [6, 6.07) is 0. The molecule has 0 bridgehead atoms. The minimum Gasteiger partial charge on any atom is -0.469 e. The van der Waals surface area contributed by atoms with Crippen molar-refractivity contribution in [1.29, 1.82) is 0 Å². The van der Waals surface area contributed by atoms with Crippen LogP contribution < -0.4 is 0 Å². The minimum atomic E-state index is -0.864. The van der Waals surface area contributed by atoms with E-state index in [1.807, 2.05) is 13.0 Å². The molecule has 4 saturated carbocycles. The number of carbonyl (C=O) groups excluding carboxylic acids is 3. The summed E-state index contributed by atoms with van der Waals surface area (Å²) in [5.41, 5.74) is -0.777. The van der Waals surface area contributed by atoms with E-state index < -0.39 is 16.6 Å². The van der Waals surface area contributed by atoms with Crippen LogP contribution in [0.15, 0.2) is 11.6 Å². The van der Waals surface area contributed by atoms with Gasteiger partial charge in [-0.15, -0.1) is 0 Å². The van der Waals surface area contributed by atoms with E-state index in [4.69, 9.17) is 14.2 Å². The van der Waals surface area contributed by atoms with Crippen LogP contribution in [-0.2, 0) is 28.6 Å². The second-order valence-electron chi connectivity index (χ2n) is 15.7. The van der Waals surface area contributed by atoms with E-state index in [1.54, 1.807) is 0 Å². The predicted molar refractivity (Wildman–Crippen MR) is 146 cm³/mol. The van der Waals surface area contributed by atoms with Crippen molar-refractivity contribution < 1.29 is 28.6 Å². The Hall–Kier alpha value is -1.53. The number of esters is 1. The lowest BCUT2D eigenvalue weighted by Gasteiger charge is -2.70. The first-order valence-electron chi connectivity index (χ1n) is 15.3. The van der Waals surface area contributed by atoms with Crippen LogP contribution >= 0.6 is 0 Å². The lowest BCUT2D eigenvalue weighted by molar-refractivity contribution is -0.278. The summed E-state index contributed by atoms with van der Waals surface area (Å²) in [5, 5.41) is 0. The van der Waals surface area contributed by atoms with Crippen molar-refractivity contribution in [1.82, 2.24) is 0 Å². The molecule has 216 valence electrons. The largest absolute Gasteiger partial charge is 0.469 e. The number of ether oxygens (including phenoxy) is 3. The monoisotopic (exact) mass is 540 g/mol. The highest BCUT2D eigenvalue weighted by molar-refractivity contribution is 5.96. The third kappa shape index (κ3) is 3.19. The van der Waals surface area contributed by atoms with Gasteiger partial charge in [-0.25, -0.2) is 0 Å². The third-order valence-electron chi connectivity index (χ3n) is 13.8. The summed E-state index contributed by atoms with van der Waals surface area (Å²) in [4.78, 5) is 40.8. The van der Waals surface area contributed by atoms with Gasteiger partial charge in [0.1, 0.15) is 6.29 Å². The average Bonchev–Trinajstić information content (AvgIpc) is 3.38. The second kappa shape index (κ2) is 8.27. The molecule has 0 unspecified atom stereocenters. The Morgan fingerprint density at radius 3 is 2.26 bits per heavy atom. The highest BCUT2D eigenvalue weighted by Gasteiger charge is 2.73. The molecule has 1 saturated heterocycles. The van der Waals surface area contributed by atoms with Gasteiger partial charge in [0, 0.05) is 12.3 Å². The van der Waals surface area contributed by atoms with E-state index in [9.17, 15) is 14.4 Å². The van der Waals surface area contributed by atoms with Crippen LogP contribution in [0.5, 0.6) is 0 Å². The van der Waals surface area contributed by atoms with Crippen LogP contribution in [0, 0.1) is 50.2 Å². The molecule has 1 heterocycles. The van der Waals surface area contributed by atoms with Crippen molar-refractivity contribution in [2.24, 2.45) is 50.2 Å². The first-order chi connectivity index (χ1) is 18.2. The molecule has 0 radical (unpaired) electrons. The standard InChI is InChI=1S/C33H48O6/c1-27(2)10-13-32(26(36)37-7)14-12-30(5)25(21(32)19-27)22(35)18-24-28(3)11-15-33(38-16-17-39-33)31(6,20-34)23(28)8-9-29(24,30)4/h18,20-21,23,25H,8-17,19H2,1-7H3/t21-,23+,25-,28-,29+,30+,31-,32-/m0/s1. The van der Waals surface area contributed by atoms with Gasteiger partial charge in [0.25, 0.3) is 0 Å². The number of hydrogen-bond donors (Lipinski definition) is 0. The Morgan fingerprint density at radius 2 is 1.62 bits per heavy atom. The Balaban J connectivity index is 1.47. The molecule has 0 N–H and O–H groups in total. The van der Waals surface area contributed by atoms with Crippen molar-refractivity contribution in [3.63, 3.8) is 0 Å². The highest BCUT2D eigenvalue weighted by atomic mass is 16.7. The number of methoxy groups -OCH3 is 1. The maximum atomic E-state index is 14.5. The summed E-state index contributed by atoms with van der Waals surface area (Å²) < 4.78 is 17.9. The van der Waals surface area contributed by atoms with Crippen LogP contribution in [-0.4, -0.2) is 44.1 Å². The van der Waals surface area contributed by atoms with Gasteiger partial charge in [0.05, 0.1) is 31.2 Å². The number of hydrogen-bond acceptors (Lipinski definition) is 6. The first kappa shape index (κ1) is 27.6. The number of aldehydes is 1. The lowest BCUT2D eigenvalue weighted by atomic mass is 9.33. The summed E-state index contributed by atoms with van der Waals surface area (Å²) >= 11 is 0. The molecule has 6 rings (SSSR count). The molecule has 1 spiro atoms. The SMILES string of the molecule is COC(=O)[C@]12CCC(C)(C)C[C@H]1[C@H]1C(=O)C=C3[C@@]4(C)CCC5(OCCO5)[C@@](C)(C=O)[C@@H]4CC[C@@]3(C)[C@]1(C)CC2. The van der Waals surface area contributed by atoms with Crippen molar-refractivity contribution in [2.75, 3.05) is 20.3 Å². The van der Waals surface area contributed by atoms with Gasteiger partial charge >= 0.3 is 5.97 Å². The Morgan fingerprint density at radius 1 is 0.949 bits per heavy atom. The zero-order valence-electron chi connectivity index (χ0n) is 25.1. The molecule has 8 atom stereocenters. The Labute approximate surface area is 234 Å². The fourth-order valence-electron chi connectivity index (χ4n) is 11.3. The van der Waals surface area contributed by atoms with Crippen molar-refractivity contribution in [3.8, 4) is 0 Å². The zero-order chi connectivity index (χ0) is 28.3. The molecule has 0 aromatic carbocycles. The fraction of sp³-hybridized carbons (Fsp3) is 0.848. The molecule has 0 amide bonds. The third-order valence-corrected chi connectivity index (χ3v) is 13.8. The molecular formula is C33H48O6. The molecule has 6 nitrogen and oxygen atoms in total. The van der Waals surface area contributed by atoms with Gasteiger partial charge in [-0.1, -0.05) is 40.2 Å². The zero-order valence-corrected chi connectivity index (χ0v) is 25.1. The van der Waals surface area contributed by atoms with Crippen LogP contribution in [0.25, 0.3) is 0 Å². The molecule has 1 aliphatic heterocycles. The quantitative estimate of drug-likeness (QED) is 0.313. The summed E-state index contributed by atoms with van der Waals surface area (Å²) in [5.74, 6) is -0.985. The summed E-state index contributed by atoms with van der Waals surface area (Å²) in [6.45, 7) is 14.7. The van der Waals surface area contributed by atoms with E-state index in [0.29, 0.717) is 19.6 Å². The number of carbonyl (C=O) groups is 3. The van der Waals surface area contributed by atoms with E-state index >= 15 is 0 Å². The van der Waals surface area contributed by atoms with Gasteiger partial charge in [-0.05, 0) is 97.9 Å². The van der Waals surface area contributed by atoms with Crippen LogP contribution in [0.3, 0.4) is 0 Å². The van der Waals surface area contributed by atoms with Gasteiger partial charge in [0.15, 0.2) is 11.6 Å². The van der Waals surface area contributed by atoms with Crippen molar-refractivity contribution >= 4 is 18.0 Å². The fourth-order valence-corrected chi connectivity index (χ4v) is 11.3. The topological polar surface area (TPSA) is 78.9 Å². The first-order valence-corrected chi connectivity index (χ1v) is 15.3. The predicted octanol–water partition coefficient (Wildman–Crippen LogP) is 6.06. The number of fused-ring (bicyclic) bond motifs is 7. The number of ketones is 1. The smallest absolute Gasteiger partial charge is 0.312 e. The van der Waals surface area contributed by atoms with Crippen LogP contribution in [0.1, 0.15) is 99.3 Å². The number of allylic oxidation sites excluding steroid dienone is 2. The summed E-state index contributed by atoms with van der Waals surface area (Å²) in [6.07, 6.45) is 10.6. The van der Waals surface area contributed by atoms with Crippen molar-refractivity contribution in [3.05, 3.63) is 11.6 Å². The highest BCUT2D eigenvalue weighted by Crippen LogP contribution is 2.76. The van der Waals surface area contributed by atoms with Crippen molar-refractivity contribution in [2.45, 2.75) is 105 Å². The van der Waals surface area contributed by atoms with E-state index in [0.717, 1.165) is 57.7 Å². The molecule has 5 fully saturated rings. The number of rotatable bonds is 2. The molecular weight excluding hydrogens is 492 g/mol. The maximum absolute atomic E-state index is 14.5.